The lowest BCUT2D eigenvalue weighted by Gasteiger charge is -2.02. The summed E-state index contributed by atoms with van der Waals surface area (Å²) >= 11 is 0. The summed E-state index contributed by atoms with van der Waals surface area (Å²) < 4.78 is 28.0. The van der Waals surface area contributed by atoms with E-state index in [1.54, 1.807) is 0 Å². The molecule has 7 heteroatoms. The molecule has 0 aliphatic heterocycles. The molecule has 108 valence electrons. The number of aromatic nitrogens is 2. The van der Waals surface area contributed by atoms with Gasteiger partial charge in [-0.1, -0.05) is 17.3 Å². The van der Waals surface area contributed by atoms with E-state index in [4.69, 9.17) is 10.3 Å². The van der Waals surface area contributed by atoms with Crippen LogP contribution in [0.3, 0.4) is 0 Å². The Balaban J connectivity index is 2.24. The number of benzene rings is 1. The lowest BCUT2D eigenvalue weighted by Crippen LogP contribution is -2.09. The maximum Gasteiger partial charge on any atom is 0.257 e. The van der Waals surface area contributed by atoms with E-state index in [0.717, 1.165) is 23.8 Å². The van der Waals surface area contributed by atoms with Crippen LogP contribution in [0, 0.1) is 0 Å². The molecule has 0 amide bonds. The van der Waals surface area contributed by atoms with E-state index in [2.05, 4.69) is 10.1 Å². The second kappa shape index (κ2) is 5.72. The monoisotopic (exact) mass is 295 g/mol. The van der Waals surface area contributed by atoms with Crippen molar-refractivity contribution in [2.45, 2.75) is 18.6 Å². The Morgan fingerprint density at radius 3 is 2.50 bits per heavy atom. The van der Waals surface area contributed by atoms with Crippen molar-refractivity contribution < 1.29 is 12.9 Å². The fourth-order valence-electron chi connectivity index (χ4n) is 1.69. The summed E-state index contributed by atoms with van der Waals surface area (Å²) in [4.78, 5) is 4.14. The molecule has 0 saturated carbocycles. The average molecular weight is 295 g/mol. The zero-order chi connectivity index (χ0) is 14.8. The van der Waals surface area contributed by atoms with E-state index in [0.29, 0.717) is 12.4 Å². The quantitative estimate of drug-likeness (QED) is 0.893. The summed E-state index contributed by atoms with van der Waals surface area (Å²) in [7, 11) is -3.24. The van der Waals surface area contributed by atoms with E-state index in [1.165, 1.54) is 6.92 Å². The van der Waals surface area contributed by atoms with Gasteiger partial charge in [0.05, 0.1) is 0 Å². The van der Waals surface area contributed by atoms with Gasteiger partial charge in [-0.25, -0.2) is 8.42 Å². The van der Waals surface area contributed by atoms with Crippen molar-refractivity contribution >= 4 is 9.84 Å². The van der Waals surface area contributed by atoms with Gasteiger partial charge in [0.1, 0.15) is 5.25 Å². The highest BCUT2D eigenvalue weighted by Gasteiger charge is 2.23. The first kappa shape index (κ1) is 14.7. The molecule has 1 unspecified atom stereocenters. The normalized spacial score (nSPS) is 13.3. The number of rotatable bonds is 5. The molecule has 1 atom stereocenters. The Hall–Kier alpha value is -1.73. The largest absolute Gasteiger partial charge is 0.334 e. The number of nitrogens with zero attached hydrogens (tertiary/aromatic N) is 2. The van der Waals surface area contributed by atoms with Crippen molar-refractivity contribution in [1.29, 1.82) is 0 Å². The smallest absolute Gasteiger partial charge is 0.257 e. The van der Waals surface area contributed by atoms with Crippen molar-refractivity contribution in [3.63, 3.8) is 0 Å². The van der Waals surface area contributed by atoms with Crippen molar-refractivity contribution in [2.75, 3.05) is 12.8 Å². The molecule has 2 N–H and O–H groups in total. The summed E-state index contributed by atoms with van der Waals surface area (Å²) in [5.41, 5.74) is 7.37. The van der Waals surface area contributed by atoms with Crippen molar-refractivity contribution in [3.8, 4) is 11.5 Å². The first-order valence-electron chi connectivity index (χ1n) is 6.23. The Bertz CT molecular complexity index is 677. The zero-order valence-corrected chi connectivity index (χ0v) is 12.2. The van der Waals surface area contributed by atoms with Crippen LogP contribution >= 0.6 is 0 Å². The van der Waals surface area contributed by atoms with Gasteiger partial charge in [0.2, 0.25) is 0 Å². The van der Waals surface area contributed by atoms with Crippen LogP contribution in [0.1, 0.15) is 23.6 Å². The van der Waals surface area contributed by atoms with Crippen LogP contribution in [0.25, 0.3) is 11.5 Å². The molecule has 0 aliphatic rings. The Morgan fingerprint density at radius 1 is 1.30 bits per heavy atom. The van der Waals surface area contributed by atoms with E-state index >= 15 is 0 Å². The van der Waals surface area contributed by atoms with E-state index in [1.807, 2.05) is 24.3 Å². The predicted molar refractivity (Wildman–Crippen MR) is 75.8 cm³/mol. The van der Waals surface area contributed by atoms with Crippen molar-refractivity contribution in [2.24, 2.45) is 5.73 Å². The van der Waals surface area contributed by atoms with Crippen LogP contribution in [-0.2, 0) is 16.3 Å². The molecule has 0 radical (unpaired) electrons. The van der Waals surface area contributed by atoms with Gasteiger partial charge in [-0.2, -0.15) is 4.98 Å². The maximum atomic E-state index is 11.5. The average Bonchev–Trinajstić information content (AvgIpc) is 2.87. The molecule has 0 spiro atoms. The van der Waals surface area contributed by atoms with Gasteiger partial charge in [0, 0.05) is 11.8 Å². The summed E-state index contributed by atoms with van der Waals surface area (Å²) in [6.07, 6.45) is 1.95. The van der Waals surface area contributed by atoms with Gasteiger partial charge in [-0.15, -0.1) is 0 Å². The molecule has 0 saturated heterocycles. The number of nitrogens with two attached hydrogens (primary N) is 1. The lowest BCUT2D eigenvalue weighted by molar-refractivity contribution is 0.422. The second-order valence-corrected chi connectivity index (χ2v) is 7.03. The van der Waals surface area contributed by atoms with Crippen molar-refractivity contribution in [3.05, 3.63) is 35.7 Å². The van der Waals surface area contributed by atoms with E-state index in [-0.39, 0.29) is 5.82 Å². The molecule has 1 heterocycles. The number of sulfone groups is 1. The standard InChI is InChI=1S/C13H17N3O3S/c1-9(20(2,17)18)12-15-13(19-16-12)11-5-3-10(4-6-11)7-8-14/h3-6,9H,7-8,14H2,1-2H3. The molecular weight excluding hydrogens is 278 g/mol. The first-order valence-corrected chi connectivity index (χ1v) is 8.19. The summed E-state index contributed by atoms with van der Waals surface area (Å²) in [5.74, 6) is 0.489. The molecule has 0 aliphatic carbocycles. The third-order valence-corrected chi connectivity index (χ3v) is 4.58. The van der Waals surface area contributed by atoms with Crippen LogP contribution in [0.2, 0.25) is 0 Å². The fourth-order valence-corrected chi connectivity index (χ4v) is 2.17. The molecule has 1 aromatic heterocycles. The minimum Gasteiger partial charge on any atom is -0.334 e. The van der Waals surface area contributed by atoms with Crippen LogP contribution in [0.5, 0.6) is 0 Å². The highest BCUT2D eigenvalue weighted by atomic mass is 32.2. The second-order valence-electron chi connectivity index (χ2n) is 4.67. The molecule has 2 rings (SSSR count). The van der Waals surface area contributed by atoms with E-state index in [9.17, 15) is 8.42 Å². The SMILES string of the molecule is CC(c1noc(-c2ccc(CCN)cc2)n1)S(C)(=O)=O. The van der Waals surface area contributed by atoms with Crippen LogP contribution in [0.15, 0.2) is 28.8 Å². The van der Waals surface area contributed by atoms with Crippen molar-refractivity contribution in [1.82, 2.24) is 10.1 Å². The van der Waals surface area contributed by atoms with Gasteiger partial charge in [0.25, 0.3) is 5.89 Å². The zero-order valence-electron chi connectivity index (χ0n) is 11.4. The molecule has 2 aromatic rings. The molecule has 0 fully saturated rings. The Labute approximate surface area is 117 Å². The summed E-state index contributed by atoms with van der Waals surface area (Å²) in [6.45, 7) is 2.13. The van der Waals surface area contributed by atoms with Gasteiger partial charge in [0.15, 0.2) is 15.7 Å². The van der Waals surface area contributed by atoms with E-state index < -0.39 is 15.1 Å². The summed E-state index contributed by atoms with van der Waals surface area (Å²) in [5, 5.41) is 2.95. The van der Waals surface area contributed by atoms with Gasteiger partial charge in [-0.3, -0.25) is 0 Å². The Kier molecular flexibility index (Phi) is 4.20. The fraction of sp³-hybridized carbons (Fsp3) is 0.385. The Morgan fingerprint density at radius 2 is 1.95 bits per heavy atom. The van der Waals surface area contributed by atoms with Crippen LogP contribution < -0.4 is 5.73 Å². The minimum atomic E-state index is -3.24. The third kappa shape index (κ3) is 3.23. The number of hydrogen-bond donors (Lipinski definition) is 1. The minimum absolute atomic E-state index is 0.175. The number of hydrogen-bond acceptors (Lipinski definition) is 6. The molecule has 1 aromatic carbocycles. The molecule has 0 bridgehead atoms. The highest BCUT2D eigenvalue weighted by Crippen LogP contribution is 2.23. The summed E-state index contributed by atoms with van der Waals surface area (Å²) in [6, 6.07) is 7.58. The predicted octanol–water partition coefficient (Wildman–Crippen LogP) is 1.34. The maximum absolute atomic E-state index is 11.5. The highest BCUT2D eigenvalue weighted by molar-refractivity contribution is 7.90. The lowest BCUT2D eigenvalue weighted by atomic mass is 10.1. The molecular formula is C13H17N3O3S. The van der Waals surface area contributed by atoms with Crippen LogP contribution in [0.4, 0.5) is 0 Å². The van der Waals surface area contributed by atoms with Gasteiger partial charge in [-0.05, 0) is 37.6 Å². The first-order chi connectivity index (χ1) is 9.41. The third-order valence-electron chi connectivity index (χ3n) is 3.08. The van der Waals surface area contributed by atoms with Crippen LogP contribution in [-0.4, -0.2) is 31.4 Å². The van der Waals surface area contributed by atoms with Gasteiger partial charge >= 0.3 is 0 Å². The molecule has 6 nitrogen and oxygen atoms in total. The molecule has 20 heavy (non-hydrogen) atoms. The van der Waals surface area contributed by atoms with Gasteiger partial charge < -0.3 is 10.3 Å². The topological polar surface area (TPSA) is 99.1 Å².